The number of nitrogens with two attached hydrogens (primary N) is 1. The average molecular weight is 555 g/mol. The van der Waals surface area contributed by atoms with E-state index in [0.717, 1.165) is 27.2 Å². The number of nitrogens with zero attached hydrogens (tertiary/aromatic N) is 4. The molecule has 0 bridgehead atoms. The highest BCUT2D eigenvalue weighted by Gasteiger charge is 2.37. The van der Waals surface area contributed by atoms with Gasteiger partial charge in [0, 0.05) is 25.2 Å². The quantitative estimate of drug-likeness (QED) is 0.413. The molecule has 0 radical (unpaired) electrons. The molecule has 210 valence electrons. The largest absolute Gasteiger partial charge is 0.471 e. The van der Waals surface area contributed by atoms with Crippen LogP contribution in [0.2, 0.25) is 0 Å². The number of fused-ring (bicyclic) bond motifs is 1. The zero-order valence-electron chi connectivity index (χ0n) is 23.6. The van der Waals surface area contributed by atoms with Crippen molar-refractivity contribution in [1.29, 1.82) is 0 Å². The number of thiophene rings is 1. The fraction of sp³-hybridized carbons (Fsp3) is 0.500. The summed E-state index contributed by atoms with van der Waals surface area (Å²) in [5.41, 5.74) is 7.11. The molecule has 1 saturated heterocycles. The molecule has 0 spiro atoms. The number of hydrogen-bond acceptors (Lipinski definition) is 9. The van der Waals surface area contributed by atoms with E-state index in [1.807, 2.05) is 30.5 Å². The van der Waals surface area contributed by atoms with E-state index in [9.17, 15) is 9.59 Å². The first-order chi connectivity index (χ1) is 18.3. The molecule has 4 unspecified atom stereocenters. The molecule has 39 heavy (non-hydrogen) atoms. The number of primary amides is 1. The van der Waals surface area contributed by atoms with Crippen molar-refractivity contribution < 1.29 is 19.1 Å². The van der Waals surface area contributed by atoms with Crippen LogP contribution in [0.5, 0.6) is 5.75 Å². The molecule has 4 atom stereocenters. The van der Waals surface area contributed by atoms with Crippen molar-refractivity contribution in [2.24, 2.45) is 5.73 Å². The van der Waals surface area contributed by atoms with Gasteiger partial charge in [0.25, 0.3) is 0 Å². The Bertz CT molecular complexity index is 1330. The third-order valence-corrected chi connectivity index (χ3v) is 7.47. The minimum absolute atomic E-state index is 0.0754. The summed E-state index contributed by atoms with van der Waals surface area (Å²) >= 11 is 1.60. The maximum absolute atomic E-state index is 12.9. The van der Waals surface area contributed by atoms with Gasteiger partial charge in [-0.1, -0.05) is 6.07 Å². The number of aryl methyl sites for hydroxylation is 1. The Labute approximate surface area is 233 Å². The molecule has 4 rings (SSSR count). The number of rotatable bonds is 7. The van der Waals surface area contributed by atoms with E-state index in [1.165, 1.54) is 0 Å². The van der Waals surface area contributed by atoms with Crippen LogP contribution in [0.3, 0.4) is 0 Å². The first-order valence-corrected chi connectivity index (χ1v) is 14.0. The second-order valence-electron chi connectivity index (χ2n) is 11.1. The molecule has 1 aliphatic rings. The fourth-order valence-electron chi connectivity index (χ4n) is 5.20. The van der Waals surface area contributed by atoms with E-state index in [-0.39, 0.29) is 12.1 Å². The summed E-state index contributed by atoms with van der Waals surface area (Å²) in [4.78, 5) is 39.4. The smallest absolute Gasteiger partial charge is 0.410 e. The van der Waals surface area contributed by atoms with Crippen LogP contribution < -0.4 is 20.7 Å². The lowest BCUT2D eigenvalue weighted by Crippen LogP contribution is -2.59. The van der Waals surface area contributed by atoms with Crippen LogP contribution in [0.25, 0.3) is 10.2 Å². The molecule has 10 nitrogen and oxygen atoms in total. The van der Waals surface area contributed by atoms with E-state index in [4.69, 9.17) is 15.2 Å². The van der Waals surface area contributed by atoms with E-state index in [2.05, 4.69) is 45.0 Å². The number of nitrogens with one attached hydrogen (secondary N) is 1. The Morgan fingerprint density at radius 1 is 1.15 bits per heavy atom. The first-order valence-electron chi connectivity index (χ1n) is 13.1. The van der Waals surface area contributed by atoms with Gasteiger partial charge in [-0.2, -0.15) is 0 Å². The Hall–Kier alpha value is -3.44. The lowest BCUT2D eigenvalue weighted by Gasteiger charge is -2.47. The minimum atomic E-state index is -0.646. The van der Waals surface area contributed by atoms with Gasteiger partial charge in [0.2, 0.25) is 5.91 Å². The predicted molar refractivity (Wildman–Crippen MR) is 153 cm³/mol. The van der Waals surface area contributed by atoms with Crippen molar-refractivity contribution >= 4 is 39.4 Å². The molecule has 2 aromatic heterocycles. The maximum atomic E-state index is 12.9. The summed E-state index contributed by atoms with van der Waals surface area (Å²) in [6.45, 7) is 14.6. The van der Waals surface area contributed by atoms with Gasteiger partial charge in [-0.3, -0.25) is 15.0 Å². The van der Waals surface area contributed by atoms with Crippen molar-refractivity contribution in [3.8, 4) is 5.75 Å². The van der Waals surface area contributed by atoms with E-state index >= 15 is 0 Å². The number of anilines is 1. The lowest BCUT2D eigenvalue weighted by atomic mass is 9.96. The Morgan fingerprint density at radius 3 is 2.49 bits per heavy atom. The molecule has 0 saturated carbocycles. The summed E-state index contributed by atoms with van der Waals surface area (Å²) in [6, 6.07) is 7.12. The lowest BCUT2D eigenvalue weighted by molar-refractivity contribution is -0.124. The summed E-state index contributed by atoms with van der Waals surface area (Å²) in [6.07, 6.45) is 0.397. The van der Waals surface area contributed by atoms with Crippen LogP contribution in [0.15, 0.2) is 36.0 Å². The Kier molecular flexibility index (Phi) is 8.31. The third-order valence-electron chi connectivity index (χ3n) is 6.65. The van der Waals surface area contributed by atoms with Crippen molar-refractivity contribution in [2.45, 2.75) is 78.4 Å². The van der Waals surface area contributed by atoms with Gasteiger partial charge in [-0.15, -0.1) is 11.3 Å². The van der Waals surface area contributed by atoms with Gasteiger partial charge in [-0.25, -0.2) is 14.8 Å². The van der Waals surface area contributed by atoms with E-state index in [1.54, 1.807) is 45.4 Å². The number of carbonyl (C=O) groups is 2. The van der Waals surface area contributed by atoms with Crippen molar-refractivity contribution in [3.05, 3.63) is 47.1 Å². The number of benzene rings is 1. The van der Waals surface area contributed by atoms with E-state index in [0.29, 0.717) is 18.8 Å². The summed E-state index contributed by atoms with van der Waals surface area (Å²) in [7, 11) is 0. The van der Waals surface area contributed by atoms with Crippen LogP contribution in [0.4, 0.5) is 10.6 Å². The highest BCUT2D eigenvalue weighted by Crippen LogP contribution is 2.35. The molecule has 3 heterocycles. The number of aromatic nitrogens is 2. The molecular weight excluding hydrogens is 516 g/mol. The molecule has 3 N–H and O–H groups in total. The molecule has 1 aromatic carbocycles. The highest BCUT2D eigenvalue weighted by molar-refractivity contribution is 7.16. The van der Waals surface area contributed by atoms with Crippen molar-refractivity contribution in [2.75, 3.05) is 18.0 Å². The van der Waals surface area contributed by atoms with Crippen LogP contribution in [0.1, 0.15) is 58.7 Å². The maximum Gasteiger partial charge on any atom is 0.410 e. The van der Waals surface area contributed by atoms with Gasteiger partial charge >= 0.3 is 6.09 Å². The van der Waals surface area contributed by atoms with Crippen LogP contribution >= 0.6 is 11.3 Å². The molecule has 11 heteroatoms. The Balaban J connectivity index is 1.53. The van der Waals surface area contributed by atoms with Crippen LogP contribution in [0, 0.1) is 6.92 Å². The second kappa shape index (κ2) is 11.4. The number of amides is 2. The van der Waals surface area contributed by atoms with Gasteiger partial charge in [0.05, 0.1) is 5.39 Å². The predicted octanol–water partition coefficient (Wildman–Crippen LogP) is 4.37. The van der Waals surface area contributed by atoms with Crippen molar-refractivity contribution in [3.63, 3.8) is 0 Å². The van der Waals surface area contributed by atoms with Crippen molar-refractivity contribution in [1.82, 2.24) is 20.2 Å². The molecular formula is C28H38N6O4S. The summed E-state index contributed by atoms with van der Waals surface area (Å²) < 4.78 is 11.3. The molecule has 2 amide bonds. The zero-order chi connectivity index (χ0) is 28.5. The topological polar surface area (TPSA) is 123 Å². The minimum Gasteiger partial charge on any atom is -0.471 e. The van der Waals surface area contributed by atoms with Gasteiger partial charge in [0.1, 0.15) is 34.4 Å². The number of hydrogen-bond donors (Lipinski definition) is 2. The number of piperazine rings is 1. The van der Waals surface area contributed by atoms with E-state index < -0.39 is 29.9 Å². The normalized spacial score (nSPS) is 19.9. The standard InChI is InChI=1S/C28H38N6O4S/c1-16-8-9-20(37-19(4)32-27(36)38-28(5,6)7)12-22(16)23(24(29)35)33-13-17(2)34(18(3)14-33)25-21-10-11-39-26(21)31-15-30-25/h8-12,15,17-19,23H,13-14H2,1-7H3,(H2,29,35)(H,32,36). The van der Waals surface area contributed by atoms with Crippen LogP contribution in [-0.4, -0.2) is 63.9 Å². The molecule has 1 aliphatic heterocycles. The number of carbonyl (C=O) groups excluding carboxylic acids is 2. The van der Waals surface area contributed by atoms with Crippen LogP contribution in [-0.2, 0) is 9.53 Å². The second-order valence-corrected chi connectivity index (χ2v) is 12.0. The number of ether oxygens (including phenoxy) is 2. The average Bonchev–Trinajstić information content (AvgIpc) is 3.29. The highest BCUT2D eigenvalue weighted by atomic mass is 32.1. The monoisotopic (exact) mass is 554 g/mol. The van der Waals surface area contributed by atoms with Gasteiger partial charge < -0.3 is 20.1 Å². The fourth-order valence-corrected chi connectivity index (χ4v) is 5.93. The Morgan fingerprint density at radius 2 is 1.85 bits per heavy atom. The first kappa shape index (κ1) is 28.6. The zero-order valence-corrected chi connectivity index (χ0v) is 24.4. The molecule has 3 aromatic rings. The van der Waals surface area contributed by atoms with Gasteiger partial charge in [-0.05, 0) is 83.2 Å². The molecule has 1 fully saturated rings. The summed E-state index contributed by atoms with van der Waals surface area (Å²) in [5, 5.41) is 5.74. The molecule has 0 aliphatic carbocycles. The van der Waals surface area contributed by atoms with Gasteiger partial charge in [0.15, 0.2) is 6.23 Å². The number of alkyl carbamates (subject to hydrolysis) is 1. The third kappa shape index (κ3) is 6.59. The SMILES string of the molecule is Cc1ccc(OC(C)NC(=O)OC(C)(C)C)cc1C(C(N)=O)N1CC(C)N(c2ncnc3sccc23)C(C)C1. The summed E-state index contributed by atoms with van der Waals surface area (Å²) in [5.74, 6) is 1.01.